The number of fused-ring (bicyclic) bond motifs is 1. The molecule has 1 heterocycles. The first kappa shape index (κ1) is 12.8. The maximum atomic E-state index is 12.3. The van der Waals surface area contributed by atoms with E-state index in [0.717, 1.165) is 29.7 Å². The fourth-order valence-corrected chi connectivity index (χ4v) is 2.39. The highest BCUT2D eigenvalue weighted by molar-refractivity contribution is 6.08. The number of amides is 1. The average molecular weight is 245 g/mol. The topological polar surface area (TPSA) is 40.5 Å². The fourth-order valence-electron chi connectivity index (χ4n) is 2.39. The van der Waals surface area contributed by atoms with Gasteiger partial charge in [0.05, 0.1) is 0 Å². The van der Waals surface area contributed by atoms with Gasteiger partial charge in [-0.15, -0.1) is 0 Å². The third-order valence-corrected chi connectivity index (χ3v) is 3.59. The molecular formula is C15H19NO2. The van der Waals surface area contributed by atoms with Gasteiger partial charge < -0.3 is 10.0 Å². The van der Waals surface area contributed by atoms with Gasteiger partial charge >= 0.3 is 0 Å². The summed E-state index contributed by atoms with van der Waals surface area (Å²) in [6, 6.07) is 7.57. The minimum absolute atomic E-state index is 0.0342. The maximum Gasteiger partial charge on any atom is 0.258 e. The van der Waals surface area contributed by atoms with Crippen LogP contribution in [0.1, 0.15) is 35.7 Å². The van der Waals surface area contributed by atoms with Crippen molar-refractivity contribution < 1.29 is 9.90 Å². The van der Waals surface area contributed by atoms with Gasteiger partial charge in [0.1, 0.15) is 0 Å². The van der Waals surface area contributed by atoms with Crippen LogP contribution in [-0.4, -0.2) is 29.1 Å². The van der Waals surface area contributed by atoms with Crippen LogP contribution in [0.3, 0.4) is 0 Å². The molecule has 1 amide bonds. The second-order valence-corrected chi connectivity index (χ2v) is 4.69. The van der Waals surface area contributed by atoms with Crippen LogP contribution >= 0.6 is 0 Å². The van der Waals surface area contributed by atoms with Crippen LogP contribution in [0.15, 0.2) is 30.8 Å². The number of carbonyl (C=O) groups excluding carboxylic acids is 1. The lowest BCUT2D eigenvalue weighted by Gasteiger charge is -2.23. The molecule has 96 valence electrons. The average Bonchev–Trinajstić information content (AvgIpc) is 2.64. The molecule has 0 radical (unpaired) electrons. The third-order valence-electron chi connectivity index (χ3n) is 3.59. The van der Waals surface area contributed by atoms with E-state index in [9.17, 15) is 4.79 Å². The first-order valence-corrected chi connectivity index (χ1v) is 6.40. The molecule has 1 N–H and O–H groups in total. The molecular weight excluding hydrogens is 226 g/mol. The number of rotatable bonds is 5. The van der Waals surface area contributed by atoms with Crippen LogP contribution in [0.25, 0.3) is 5.70 Å². The molecule has 0 aromatic heterocycles. The normalized spacial score (nSPS) is 16.0. The van der Waals surface area contributed by atoms with E-state index in [0.29, 0.717) is 12.5 Å². The number of aliphatic hydroxyl groups excluding tert-OH is 1. The van der Waals surface area contributed by atoms with Gasteiger partial charge in [0.2, 0.25) is 0 Å². The van der Waals surface area contributed by atoms with E-state index in [4.69, 9.17) is 5.11 Å². The van der Waals surface area contributed by atoms with Crippen LogP contribution in [-0.2, 0) is 0 Å². The summed E-state index contributed by atoms with van der Waals surface area (Å²) in [5.74, 6) is 0.358. The second kappa shape index (κ2) is 5.36. The summed E-state index contributed by atoms with van der Waals surface area (Å²) in [5, 5.41) is 9.02. The lowest BCUT2D eigenvalue weighted by Crippen LogP contribution is -2.29. The van der Waals surface area contributed by atoms with Crippen molar-refractivity contribution in [3.05, 3.63) is 42.0 Å². The Hall–Kier alpha value is -1.61. The van der Waals surface area contributed by atoms with Crippen LogP contribution < -0.4 is 0 Å². The minimum Gasteiger partial charge on any atom is -0.396 e. The Bertz CT molecular complexity index is 432. The van der Waals surface area contributed by atoms with Gasteiger partial charge in [0.15, 0.2) is 0 Å². The molecule has 1 atom stereocenters. The molecule has 3 nitrogen and oxygen atoms in total. The van der Waals surface area contributed by atoms with Crippen LogP contribution in [0.2, 0.25) is 0 Å². The number of aliphatic hydroxyl groups is 1. The smallest absolute Gasteiger partial charge is 0.258 e. The van der Waals surface area contributed by atoms with Gasteiger partial charge in [0, 0.05) is 30.0 Å². The molecule has 18 heavy (non-hydrogen) atoms. The van der Waals surface area contributed by atoms with Crippen molar-refractivity contribution >= 4 is 11.6 Å². The Labute approximate surface area is 108 Å². The monoisotopic (exact) mass is 245 g/mol. The van der Waals surface area contributed by atoms with Gasteiger partial charge in [-0.1, -0.05) is 38.1 Å². The fraction of sp³-hybridized carbons (Fsp3) is 0.400. The molecule has 1 aliphatic rings. The van der Waals surface area contributed by atoms with E-state index in [1.54, 1.807) is 4.90 Å². The molecule has 0 bridgehead atoms. The quantitative estimate of drug-likeness (QED) is 0.866. The zero-order chi connectivity index (χ0) is 13.1. The first-order chi connectivity index (χ1) is 8.69. The van der Waals surface area contributed by atoms with Crippen LogP contribution in [0.5, 0.6) is 0 Å². The molecule has 0 saturated heterocycles. The highest BCUT2D eigenvalue weighted by atomic mass is 16.3. The van der Waals surface area contributed by atoms with Gasteiger partial charge in [-0.2, -0.15) is 0 Å². The van der Waals surface area contributed by atoms with Crippen molar-refractivity contribution in [2.45, 2.75) is 19.8 Å². The van der Waals surface area contributed by atoms with Gasteiger partial charge in [-0.05, 0) is 18.4 Å². The summed E-state index contributed by atoms with van der Waals surface area (Å²) in [4.78, 5) is 14.0. The minimum atomic E-state index is 0.0342. The Morgan fingerprint density at radius 2 is 2.00 bits per heavy atom. The number of hydrogen-bond acceptors (Lipinski definition) is 2. The van der Waals surface area contributed by atoms with Crippen molar-refractivity contribution in [2.24, 2.45) is 5.92 Å². The Kier molecular flexibility index (Phi) is 3.82. The van der Waals surface area contributed by atoms with Crippen molar-refractivity contribution in [3.63, 3.8) is 0 Å². The third kappa shape index (κ3) is 2.18. The molecule has 1 aliphatic heterocycles. The maximum absolute atomic E-state index is 12.3. The SMILES string of the molecule is C=C1c2ccccc2C(=O)N1CC(CC)CCO. The van der Waals surface area contributed by atoms with Gasteiger partial charge in [-0.3, -0.25) is 4.79 Å². The summed E-state index contributed by atoms with van der Waals surface area (Å²) >= 11 is 0. The van der Waals surface area contributed by atoms with E-state index in [2.05, 4.69) is 13.5 Å². The number of benzene rings is 1. The first-order valence-electron chi connectivity index (χ1n) is 6.40. The van der Waals surface area contributed by atoms with E-state index < -0.39 is 0 Å². The van der Waals surface area contributed by atoms with E-state index in [1.165, 1.54) is 0 Å². The summed E-state index contributed by atoms with van der Waals surface area (Å²) < 4.78 is 0. The molecule has 0 aliphatic carbocycles. The summed E-state index contributed by atoms with van der Waals surface area (Å²) in [5.41, 5.74) is 2.45. The summed E-state index contributed by atoms with van der Waals surface area (Å²) in [7, 11) is 0. The molecule has 3 heteroatoms. The highest BCUT2D eigenvalue weighted by Crippen LogP contribution is 2.32. The van der Waals surface area contributed by atoms with E-state index in [1.807, 2.05) is 24.3 Å². The Morgan fingerprint density at radius 3 is 2.56 bits per heavy atom. The summed E-state index contributed by atoms with van der Waals surface area (Å²) in [6.07, 6.45) is 1.68. The van der Waals surface area contributed by atoms with Crippen LogP contribution in [0, 0.1) is 5.92 Å². The molecule has 0 spiro atoms. The Morgan fingerprint density at radius 1 is 1.33 bits per heavy atom. The number of nitrogens with zero attached hydrogens (tertiary/aromatic N) is 1. The number of carbonyl (C=O) groups is 1. The Balaban J connectivity index is 2.18. The molecule has 1 aromatic carbocycles. The van der Waals surface area contributed by atoms with E-state index >= 15 is 0 Å². The van der Waals surface area contributed by atoms with E-state index in [-0.39, 0.29) is 12.5 Å². The lowest BCUT2D eigenvalue weighted by molar-refractivity contribution is 0.0825. The zero-order valence-electron chi connectivity index (χ0n) is 10.7. The van der Waals surface area contributed by atoms with Crippen molar-refractivity contribution in [3.8, 4) is 0 Å². The largest absolute Gasteiger partial charge is 0.396 e. The predicted octanol–water partition coefficient (Wildman–Crippen LogP) is 2.52. The molecule has 1 unspecified atom stereocenters. The molecule has 0 fully saturated rings. The van der Waals surface area contributed by atoms with Crippen LogP contribution in [0.4, 0.5) is 0 Å². The standard InChI is InChI=1S/C15H19NO2/c1-3-12(8-9-17)10-16-11(2)13-6-4-5-7-14(13)15(16)18/h4-7,12,17H,2-3,8-10H2,1H3. The molecule has 1 aromatic rings. The summed E-state index contributed by atoms with van der Waals surface area (Å²) in [6.45, 7) is 6.91. The number of hydrogen-bond donors (Lipinski definition) is 1. The lowest BCUT2D eigenvalue weighted by atomic mass is 10.0. The highest BCUT2D eigenvalue weighted by Gasteiger charge is 2.31. The second-order valence-electron chi connectivity index (χ2n) is 4.69. The predicted molar refractivity (Wildman–Crippen MR) is 72.0 cm³/mol. The van der Waals surface area contributed by atoms with Crippen molar-refractivity contribution in [2.75, 3.05) is 13.2 Å². The zero-order valence-corrected chi connectivity index (χ0v) is 10.7. The molecule has 2 rings (SSSR count). The van der Waals surface area contributed by atoms with Gasteiger partial charge in [-0.25, -0.2) is 0 Å². The van der Waals surface area contributed by atoms with Crippen molar-refractivity contribution in [1.29, 1.82) is 0 Å². The van der Waals surface area contributed by atoms with Gasteiger partial charge in [0.25, 0.3) is 5.91 Å². The van der Waals surface area contributed by atoms with Crippen molar-refractivity contribution in [1.82, 2.24) is 4.90 Å². The molecule has 0 saturated carbocycles.